The van der Waals surface area contributed by atoms with Crippen LogP contribution in [0.15, 0.2) is 27.2 Å². The fraction of sp³-hybridized carbons (Fsp3) is 0.385. The fourth-order valence-corrected chi connectivity index (χ4v) is 2.10. The second-order valence-electron chi connectivity index (χ2n) is 4.14. The Labute approximate surface area is 95.2 Å². The van der Waals surface area contributed by atoms with Crippen LogP contribution in [0, 0.1) is 20.8 Å². The molecule has 1 atom stereocenters. The lowest BCUT2D eigenvalue weighted by Gasteiger charge is -2.10. The minimum absolute atomic E-state index is 0.0661. The Balaban J connectivity index is 2.24. The molecule has 2 aromatic rings. The van der Waals surface area contributed by atoms with Crippen molar-refractivity contribution in [2.24, 2.45) is 5.73 Å². The molecule has 0 aliphatic heterocycles. The van der Waals surface area contributed by atoms with Gasteiger partial charge in [0, 0.05) is 18.0 Å². The zero-order valence-corrected chi connectivity index (χ0v) is 9.91. The Kier molecular flexibility index (Phi) is 2.88. The summed E-state index contributed by atoms with van der Waals surface area (Å²) in [7, 11) is 0. The molecule has 2 N–H and O–H groups in total. The first-order chi connectivity index (χ1) is 7.59. The van der Waals surface area contributed by atoms with Gasteiger partial charge in [0.2, 0.25) is 0 Å². The van der Waals surface area contributed by atoms with Crippen molar-refractivity contribution >= 4 is 0 Å². The summed E-state index contributed by atoms with van der Waals surface area (Å²) in [4.78, 5) is 0. The highest BCUT2D eigenvalue weighted by Crippen LogP contribution is 2.27. The van der Waals surface area contributed by atoms with Crippen LogP contribution in [0.5, 0.6) is 0 Å². The molecule has 3 heteroatoms. The van der Waals surface area contributed by atoms with Crippen LogP contribution in [0.25, 0.3) is 0 Å². The summed E-state index contributed by atoms with van der Waals surface area (Å²) in [5, 5.41) is 0. The Morgan fingerprint density at radius 2 is 2.00 bits per heavy atom. The molecule has 86 valence electrons. The first-order valence-corrected chi connectivity index (χ1v) is 5.44. The summed E-state index contributed by atoms with van der Waals surface area (Å²) in [5.41, 5.74) is 8.44. The SMILES string of the molecule is Cc1oc(C)c(C(N)Cc2ccco2)c1C. The number of hydrogen-bond acceptors (Lipinski definition) is 3. The van der Waals surface area contributed by atoms with Gasteiger partial charge in [-0.1, -0.05) is 0 Å². The van der Waals surface area contributed by atoms with E-state index in [-0.39, 0.29) is 6.04 Å². The molecule has 0 aromatic carbocycles. The van der Waals surface area contributed by atoms with E-state index in [1.165, 1.54) is 0 Å². The Morgan fingerprint density at radius 3 is 2.50 bits per heavy atom. The van der Waals surface area contributed by atoms with E-state index in [9.17, 15) is 0 Å². The van der Waals surface area contributed by atoms with Gasteiger partial charge >= 0.3 is 0 Å². The fourth-order valence-electron chi connectivity index (χ4n) is 2.10. The van der Waals surface area contributed by atoms with Gasteiger partial charge in [0.25, 0.3) is 0 Å². The van der Waals surface area contributed by atoms with Crippen LogP contribution in [-0.2, 0) is 6.42 Å². The average Bonchev–Trinajstić information content (AvgIpc) is 2.77. The molecule has 0 aliphatic carbocycles. The molecule has 16 heavy (non-hydrogen) atoms. The van der Waals surface area contributed by atoms with E-state index in [4.69, 9.17) is 14.6 Å². The molecule has 0 fully saturated rings. The molecule has 0 aliphatic rings. The second kappa shape index (κ2) is 4.18. The summed E-state index contributed by atoms with van der Waals surface area (Å²) in [6.45, 7) is 5.96. The summed E-state index contributed by atoms with van der Waals surface area (Å²) < 4.78 is 10.9. The van der Waals surface area contributed by atoms with Gasteiger partial charge in [-0.05, 0) is 38.5 Å². The maximum absolute atomic E-state index is 6.18. The van der Waals surface area contributed by atoms with Gasteiger partial charge in [-0.3, -0.25) is 0 Å². The molecular formula is C13H17NO2. The quantitative estimate of drug-likeness (QED) is 0.863. The van der Waals surface area contributed by atoms with Crippen LogP contribution in [0.4, 0.5) is 0 Å². The van der Waals surface area contributed by atoms with Crippen molar-refractivity contribution in [3.05, 3.63) is 46.8 Å². The van der Waals surface area contributed by atoms with Crippen molar-refractivity contribution in [1.82, 2.24) is 0 Å². The summed E-state index contributed by atoms with van der Waals surface area (Å²) in [6.07, 6.45) is 2.37. The lowest BCUT2D eigenvalue weighted by Crippen LogP contribution is -2.14. The topological polar surface area (TPSA) is 52.3 Å². The largest absolute Gasteiger partial charge is 0.469 e. The van der Waals surface area contributed by atoms with Crippen molar-refractivity contribution < 1.29 is 8.83 Å². The molecule has 3 nitrogen and oxygen atoms in total. The molecule has 0 bridgehead atoms. The summed E-state index contributed by atoms with van der Waals surface area (Å²) in [6, 6.07) is 3.75. The van der Waals surface area contributed by atoms with E-state index < -0.39 is 0 Å². The summed E-state index contributed by atoms with van der Waals surface area (Å²) in [5.74, 6) is 2.77. The number of furan rings is 2. The zero-order valence-electron chi connectivity index (χ0n) is 9.91. The molecular weight excluding hydrogens is 202 g/mol. The van der Waals surface area contributed by atoms with Gasteiger partial charge in [0.15, 0.2) is 0 Å². The number of hydrogen-bond donors (Lipinski definition) is 1. The van der Waals surface area contributed by atoms with Gasteiger partial charge in [-0.2, -0.15) is 0 Å². The van der Waals surface area contributed by atoms with Gasteiger partial charge in [0.05, 0.1) is 6.26 Å². The normalized spacial score (nSPS) is 13.0. The minimum Gasteiger partial charge on any atom is -0.469 e. The van der Waals surface area contributed by atoms with Crippen LogP contribution in [-0.4, -0.2) is 0 Å². The minimum atomic E-state index is -0.0661. The van der Waals surface area contributed by atoms with Crippen molar-refractivity contribution in [2.45, 2.75) is 33.2 Å². The van der Waals surface area contributed by atoms with Crippen molar-refractivity contribution in [2.75, 3.05) is 0 Å². The molecule has 0 radical (unpaired) electrons. The smallest absolute Gasteiger partial charge is 0.106 e. The summed E-state index contributed by atoms with van der Waals surface area (Å²) >= 11 is 0. The van der Waals surface area contributed by atoms with Crippen LogP contribution in [0.2, 0.25) is 0 Å². The lowest BCUT2D eigenvalue weighted by atomic mass is 9.99. The van der Waals surface area contributed by atoms with Crippen LogP contribution in [0.1, 0.15) is 34.4 Å². The van der Waals surface area contributed by atoms with E-state index in [1.807, 2.05) is 32.9 Å². The predicted molar refractivity (Wildman–Crippen MR) is 62.3 cm³/mol. The first kappa shape index (κ1) is 11.0. The van der Waals surface area contributed by atoms with Gasteiger partial charge in [0.1, 0.15) is 17.3 Å². The third kappa shape index (κ3) is 1.91. The highest BCUT2D eigenvalue weighted by atomic mass is 16.3. The number of aryl methyl sites for hydroxylation is 2. The average molecular weight is 219 g/mol. The van der Waals surface area contributed by atoms with Crippen LogP contribution < -0.4 is 5.73 Å². The molecule has 0 saturated carbocycles. The zero-order chi connectivity index (χ0) is 11.7. The Morgan fingerprint density at radius 1 is 1.25 bits per heavy atom. The Bertz CT molecular complexity index is 468. The second-order valence-corrected chi connectivity index (χ2v) is 4.14. The molecule has 2 aromatic heterocycles. The predicted octanol–water partition coefficient (Wildman–Crippen LogP) is 3.04. The van der Waals surface area contributed by atoms with E-state index >= 15 is 0 Å². The molecule has 0 spiro atoms. The maximum atomic E-state index is 6.18. The lowest BCUT2D eigenvalue weighted by molar-refractivity contribution is 0.477. The first-order valence-electron chi connectivity index (χ1n) is 5.44. The maximum Gasteiger partial charge on any atom is 0.106 e. The molecule has 2 heterocycles. The molecule has 0 saturated heterocycles. The molecule has 0 amide bonds. The monoisotopic (exact) mass is 219 g/mol. The van der Waals surface area contributed by atoms with E-state index in [0.29, 0.717) is 6.42 Å². The van der Waals surface area contributed by atoms with Crippen molar-refractivity contribution in [3.63, 3.8) is 0 Å². The Hall–Kier alpha value is -1.48. The van der Waals surface area contributed by atoms with E-state index in [1.54, 1.807) is 6.26 Å². The number of rotatable bonds is 3. The van der Waals surface area contributed by atoms with Gasteiger partial charge < -0.3 is 14.6 Å². The highest BCUT2D eigenvalue weighted by molar-refractivity contribution is 5.34. The van der Waals surface area contributed by atoms with Crippen LogP contribution in [0.3, 0.4) is 0 Å². The van der Waals surface area contributed by atoms with Crippen molar-refractivity contribution in [1.29, 1.82) is 0 Å². The van der Waals surface area contributed by atoms with Gasteiger partial charge in [-0.15, -0.1) is 0 Å². The van der Waals surface area contributed by atoms with Crippen molar-refractivity contribution in [3.8, 4) is 0 Å². The standard InChI is InChI=1S/C13H17NO2/c1-8-9(2)16-10(3)13(8)12(14)7-11-5-4-6-15-11/h4-6,12H,7,14H2,1-3H3. The highest BCUT2D eigenvalue weighted by Gasteiger charge is 2.18. The van der Waals surface area contributed by atoms with Crippen LogP contribution >= 0.6 is 0 Å². The van der Waals surface area contributed by atoms with E-state index in [0.717, 1.165) is 28.4 Å². The number of nitrogens with two attached hydrogens (primary N) is 1. The van der Waals surface area contributed by atoms with Gasteiger partial charge in [-0.25, -0.2) is 0 Å². The third-order valence-electron chi connectivity index (χ3n) is 2.99. The molecule has 1 unspecified atom stereocenters. The van der Waals surface area contributed by atoms with E-state index in [2.05, 4.69) is 0 Å². The molecule has 2 rings (SSSR count). The third-order valence-corrected chi connectivity index (χ3v) is 2.99.